The summed E-state index contributed by atoms with van der Waals surface area (Å²) in [7, 11) is 0. The van der Waals surface area contributed by atoms with E-state index in [1.165, 1.54) is 12.1 Å². The highest BCUT2D eigenvalue weighted by molar-refractivity contribution is 6.32. The summed E-state index contributed by atoms with van der Waals surface area (Å²) < 4.78 is 42.4. The molecule has 1 N–H and O–H groups in total. The molecule has 2 rings (SSSR count). The van der Waals surface area contributed by atoms with Crippen molar-refractivity contribution < 1.29 is 27.8 Å². The number of nitrogens with zero attached hydrogens (tertiary/aromatic N) is 1. The van der Waals surface area contributed by atoms with Gasteiger partial charge in [0.05, 0.1) is 12.1 Å². The summed E-state index contributed by atoms with van der Waals surface area (Å²) in [6.07, 6.45) is -5.22. The van der Waals surface area contributed by atoms with Gasteiger partial charge in [0.2, 0.25) is 0 Å². The molecule has 1 unspecified atom stereocenters. The van der Waals surface area contributed by atoms with Crippen LogP contribution < -0.4 is 0 Å². The Morgan fingerprint density at radius 2 is 2.17 bits per heavy atom. The van der Waals surface area contributed by atoms with Gasteiger partial charge in [0, 0.05) is 0 Å². The minimum atomic E-state index is -4.44. The highest BCUT2D eigenvalue weighted by Gasteiger charge is 2.32. The van der Waals surface area contributed by atoms with Gasteiger partial charge in [0.1, 0.15) is 6.10 Å². The first-order valence-electron chi connectivity index (χ1n) is 4.99. The predicted octanol–water partition coefficient (Wildman–Crippen LogP) is 2.26. The zero-order valence-electron chi connectivity index (χ0n) is 8.94. The average Bonchev–Trinajstić information content (AvgIpc) is 2.77. The van der Waals surface area contributed by atoms with Crippen molar-refractivity contribution >= 4 is 11.9 Å². The van der Waals surface area contributed by atoms with Crippen LogP contribution in [0.25, 0.3) is 0 Å². The first-order valence-corrected chi connectivity index (χ1v) is 4.99. The summed E-state index contributed by atoms with van der Waals surface area (Å²) in [4.78, 5) is 14.2. The SMILES string of the molecule is O=C(O)C1=NCC(c2cccc(C(F)(F)F)c2)O1. The molecule has 0 fully saturated rings. The largest absolute Gasteiger partial charge is 0.474 e. The van der Waals surface area contributed by atoms with E-state index in [2.05, 4.69) is 4.99 Å². The number of halogens is 3. The van der Waals surface area contributed by atoms with E-state index in [0.29, 0.717) is 0 Å². The Morgan fingerprint density at radius 3 is 2.72 bits per heavy atom. The van der Waals surface area contributed by atoms with Gasteiger partial charge in [0.25, 0.3) is 5.90 Å². The normalized spacial score (nSPS) is 19.3. The lowest BCUT2D eigenvalue weighted by Crippen LogP contribution is -2.15. The van der Waals surface area contributed by atoms with Crippen molar-refractivity contribution in [3.8, 4) is 0 Å². The summed E-state index contributed by atoms with van der Waals surface area (Å²) in [6.45, 7) is 0.00292. The van der Waals surface area contributed by atoms with E-state index in [0.717, 1.165) is 12.1 Å². The van der Waals surface area contributed by atoms with E-state index in [1.807, 2.05) is 0 Å². The van der Waals surface area contributed by atoms with Crippen molar-refractivity contribution in [3.05, 3.63) is 35.4 Å². The molecular weight excluding hydrogens is 251 g/mol. The number of alkyl halides is 3. The van der Waals surface area contributed by atoms with Crippen molar-refractivity contribution in [2.24, 2.45) is 4.99 Å². The number of aliphatic carboxylic acids is 1. The number of carboxylic acids is 1. The minimum Gasteiger partial charge on any atom is -0.474 e. The molecule has 0 saturated carbocycles. The maximum absolute atomic E-state index is 12.5. The minimum absolute atomic E-state index is 0.00292. The summed E-state index contributed by atoms with van der Waals surface area (Å²) in [5, 5.41) is 8.63. The van der Waals surface area contributed by atoms with Crippen LogP contribution in [0.2, 0.25) is 0 Å². The van der Waals surface area contributed by atoms with Gasteiger partial charge in [-0.25, -0.2) is 9.79 Å². The van der Waals surface area contributed by atoms with Crippen molar-refractivity contribution in [1.82, 2.24) is 0 Å². The molecule has 18 heavy (non-hydrogen) atoms. The van der Waals surface area contributed by atoms with Crippen molar-refractivity contribution in [2.45, 2.75) is 12.3 Å². The Balaban J connectivity index is 2.19. The molecule has 1 aliphatic heterocycles. The number of ether oxygens (including phenoxy) is 1. The second kappa shape index (κ2) is 4.32. The Bertz CT molecular complexity index is 511. The first-order chi connectivity index (χ1) is 8.38. The molecular formula is C11H8F3NO3. The second-order valence-corrected chi connectivity index (χ2v) is 3.68. The molecule has 1 aromatic rings. The van der Waals surface area contributed by atoms with Gasteiger partial charge in [-0.3, -0.25) is 0 Å². The number of aliphatic imine (C=N–C) groups is 1. The number of hydrogen-bond acceptors (Lipinski definition) is 3. The van der Waals surface area contributed by atoms with Crippen LogP contribution in [0.15, 0.2) is 29.3 Å². The monoisotopic (exact) mass is 259 g/mol. The van der Waals surface area contributed by atoms with E-state index >= 15 is 0 Å². The second-order valence-electron chi connectivity index (χ2n) is 3.68. The fourth-order valence-corrected chi connectivity index (χ4v) is 1.58. The van der Waals surface area contributed by atoms with E-state index in [-0.39, 0.29) is 12.1 Å². The van der Waals surface area contributed by atoms with Crippen molar-refractivity contribution in [2.75, 3.05) is 6.54 Å². The Kier molecular flexibility index (Phi) is 2.98. The zero-order chi connectivity index (χ0) is 13.3. The fourth-order valence-electron chi connectivity index (χ4n) is 1.58. The summed E-state index contributed by atoms with van der Waals surface area (Å²) in [6, 6.07) is 4.57. The molecule has 0 amide bonds. The maximum Gasteiger partial charge on any atom is 0.416 e. The lowest BCUT2D eigenvalue weighted by atomic mass is 10.1. The molecule has 0 radical (unpaired) electrons. The van der Waals surface area contributed by atoms with Gasteiger partial charge in [-0.15, -0.1) is 0 Å². The number of hydrogen-bond donors (Lipinski definition) is 1. The Morgan fingerprint density at radius 1 is 1.44 bits per heavy atom. The number of rotatable bonds is 2. The van der Waals surface area contributed by atoms with E-state index < -0.39 is 29.7 Å². The van der Waals surface area contributed by atoms with Crippen LogP contribution >= 0.6 is 0 Å². The van der Waals surface area contributed by atoms with Crippen LogP contribution in [0.4, 0.5) is 13.2 Å². The summed E-state index contributed by atoms with van der Waals surface area (Å²) in [5.41, 5.74) is -0.544. The van der Waals surface area contributed by atoms with Gasteiger partial charge in [0.15, 0.2) is 0 Å². The highest BCUT2D eigenvalue weighted by atomic mass is 19.4. The smallest absolute Gasteiger partial charge is 0.416 e. The molecule has 4 nitrogen and oxygen atoms in total. The number of benzene rings is 1. The lowest BCUT2D eigenvalue weighted by Gasteiger charge is -2.13. The van der Waals surface area contributed by atoms with Crippen LogP contribution in [-0.2, 0) is 15.7 Å². The zero-order valence-corrected chi connectivity index (χ0v) is 8.94. The maximum atomic E-state index is 12.5. The molecule has 7 heteroatoms. The average molecular weight is 259 g/mol. The highest BCUT2D eigenvalue weighted by Crippen LogP contribution is 2.32. The Hall–Kier alpha value is -2.05. The third kappa shape index (κ3) is 2.44. The van der Waals surface area contributed by atoms with Gasteiger partial charge in [-0.05, 0) is 17.7 Å². The molecule has 1 atom stereocenters. The molecule has 0 aliphatic carbocycles. The van der Waals surface area contributed by atoms with E-state index in [9.17, 15) is 18.0 Å². The first kappa shape index (κ1) is 12.4. The molecule has 0 saturated heterocycles. The molecule has 0 aromatic heterocycles. The van der Waals surface area contributed by atoms with Crippen LogP contribution in [0.1, 0.15) is 17.2 Å². The molecule has 1 aliphatic rings. The Labute approximate surface area is 99.7 Å². The summed E-state index contributed by atoms with van der Waals surface area (Å²) in [5.74, 6) is -1.80. The summed E-state index contributed by atoms with van der Waals surface area (Å²) >= 11 is 0. The lowest BCUT2D eigenvalue weighted by molar-refractivity contribution is -0.137. The van der Waals surface area contributed by atoms with Crippen molar-refractivity contribution in [3.63, 3.8) is 0 Å². The van der Waals surface area contributed by atoms with Crippen LogP contribution in [0.5, 0.6) is 0 Å². The van der Waals surface area contributed by atoms with Crippen LogP contribution in [-0.4, -0.2) is 23.5 Å². The van der Waals surface area contributed by atoms with Gasteiger partial charge >= 0.3 is 12.1 Å². The fraction of sp³-hybridized carbons (Fsp3) is 0.273. The van der Waals surface area contributed by atoms with Crippen LogP contribution in [0.3, 0.4) is 0 Å². The quantitative estimate of drug-likeness (QED) is 0.886. The van der Waals surface area contributed by atoms with Crippen LogP contribution in [0, 0.1) is 0 Å². The van der Waals surface area contributed by atoms with Gasteiger partial charge in [-0.1, -0.05) is 12.1 Å². The third-order valence-electron chi connectivity index (χ3n) is 2.42. The van der Waals surface area contributed by atoms with E-state index in [4.69, 9.17) is 9.84 Å². The molecule has 96 valence electrons. The molecule has 0 spiro atoms. The molecule has 0 bridgehead atoms. The third-order valence-corrected chi connectivity index (χ3v) is 2.42. The van der Waals surface area contributed by atoms with Gasteiger partial charge < -0.3 is 9.84 Å². The van der Waals surface area contributed by atoms with Gasteiger partial charge in [-0.2, -0.15) is 13.2 Å². The van der Waals surface area contributed by atoms with Crippen molar-refractivity contribution in [1.29, 1.82) is 0 Å². The number of carboxylic acid groups (broad SMARTS) is 1. The topological polar surface area (TPSA) is 58.9 Å². The van der Waals surface area contributed by atoms with E-state index in [1.54, 1.807) is 0 Å². The number of carbonyl (C=O) groups is 1. The standard InChI is InChI=1S/C11H8F3NO3/c12-11(13,14)7-3-1-2-6(4-7)8-5-15-9(18-8)10(16)17/h1-4,8H,5H2,(H,16,17). The predicted molar refractivity (Wildman–Crippen MR) is 55.2 cm³/mol. The molecule has 1 aromatic carbocycles. The molecule has 1 heterocycles.